The average molecular weight is 260 g/mol. The molecule has 4 heteroatoms. The standard InChI is InChI=1S/C14H12O3S/c1-11-7-9-12(10-8-11)18(16)17-14-6-4-2-3-5-13(14)15/h2-10H,1H3. The first-order valence-electron chi connectivity index (χ1n) is 5.43. The zero-order valence-electron chi connectivity index (χ0n) is 9.83. The summed E-state index contributed by atoms with van der Waals surface area (Å²) in [4.78, 5) is 12.1. The largest absolute Gasteiger partial charge is 0.393 e. The van der Waals surface area contributed by atoms with Crippen LogP contribution in [-0.2, 0) is 11.1 Å². The smallest absolute Gasteiger partial charge is 0.240 e. The summed E-state index contributed by atoms with van der Waals surface area (Å²) in [5.74, 6) is 0.0823. The van der Waals surface area contributed by atoms with Crippen LogP contribution < -0.4 is 9.61 Å². The Kier molecular flexibility index (Phi) is 3.89. The highest BCUT2D eigenvalue weighted by atomic mass is 32.2. The normalized spacial score (nSPS) is 11.8. The van der Waals surface area contributed by atoms with Gasteiger partial charge in [0.15, 0.2) is 5.75 Å². The SMILES string of the molecule is Cc1ccc(S(=O)Oc2cccccc2=O)cc1. The zero-order chi connectivity index (χ0) is 13.0. The van der Waals surface area contributed by atoms with Crippen LogP contribution in [-0.4, -0.2) is 4.21 Å². The van der Waals surface area contributed by atoms with Gasteiger partial charge in [0, 0.05) is 0 Å². The van der Waals surface area contributed by atoms with Gasteiger partial charge >= 0.3 is 0 Å². The summed E-state index contributed by atoms with van der Waals surface area (Å²) in [5.41, 5.74) is 0.784. The minimum Gasteiger partial charge on any atom is -0.393 e. The predicted octanol–water partition coefficient (Wildman–Crippen LogP) is 2.46. The van der Waals surface area contributed by atoms with Crippen LogP contribution in [0.15, 0.2) is 64.3 Å². The van der Waals surface area contributed by atoms with Gasteiger partial charge in [-0.3, -0.25) is 4.79 Å². The zero-order valence-corrected chi connectivity index (χ0v) is 10.6. The van der Waals surface area contributed by atoms with Crippen molar-refractivity contribution in [1.29, 1.82) is 0 Å². The minimum absolute atomic E-state index is 0.0823. The van der Waals surface area contributed by atoms with Gasteiger partial charge in [-0.05, 0) is 31.2 Å². The van der Waals surface area contributed by atoms with Crippen molar-refractivity contribution in [3.05, 3.63) is 70.4 Å². The van der Waals surface area contributed by atoms with Crippen molar-refractivity contribution in [2.75, 3.05) is 0 Å². The van der Waals surface area contributed by atoms with E-state index < -0.39 is 11.1 Å². The maximum Gasteiger partial charge on any atom is 0.240 e. The first-order valence-corrected chi connectivity index (χ1v) is 6.50. The Morgan fingerprint density at radius 3 is 2.33 bits per heavy atom. The fourth-order valence-electron chi connectivity index (χ4n) is 1.36. The molecule has 0 fully saturated rings. The minimum atomic E-state index is -1.67. The summed E-state index contributed by atoms with van der Waals surface area (Å²) < 4.78 is 17.1. The molecule has 92 valence electrons. The first-order chi connectivity index (χ1) is 8.66. The molecule has 0 aliphatic carbocycles. The summed E-state index contributed by atoms with van der Waals surface area (Å²) in [7, 11) is 0. The number of hydrogen-bond donors (Lipinski definition) is 0. The van der Waals surface area contributed by atoms with Gasteiger partial charge in [0.1, 0.15) is 0 Å². The summed E-state index contributed by atoms with van der Waals surface area (Å²) in [6.07, 6.45) is 0. The molecule has 3 nitrogen and oxygen atoms in total. The molecule has 0 bridgehead atoms. The van der Waals surface area contributed by atoms with E-state index in [1.807, 2.05) is 19.1 Å². The van der Waals surface area contributed by atoms with Gasteiger partial charge in [0.05, 0.1) is 4.90 Å². The van der Waals surface area contributed by atoms with E-state index in [2.05, 4.69) is 0 Å². The van der Waals surface area contributed by atoms with Gasteiger partial charge in [0.2, 0.25) is 16.5 Å². The van der Waals surface area contributed by atoms with Crippen LogP contribution in [0.1, 0.15) is 5.56 Å². The van der Waals surface area contributed by atoms with Gasteiger partial charge < -0.3 is 4.18 Å². The molecule has 0 spiro atoms. The molecule has 18 heavy (non-hydrogen) atoms. The molecule has 0 aliphatic rings. The Labute approximate surface area is 108 Å². The monoisotopic (exact) mass is 260 g/mol. The molecular formula is C14H12O3S. The lowest BCUT2D eigenvalue weighted by Crippen LogP contribution is -2.07. The van der Waals surface area contributed by atoms with Crippen LogP contribution in [0.25, 0.3) is 0 Å². The molecule has 0 saturated heterocycles. The second kappa shape index (κ2) is 5.60. The molecular weight excluding hydrogens is 248 g/mol. The third-order valence-electron chi connectivity index (χ3n) is 2.34. The molecule has 1 atom stereocenters. The highest BCUT2D eigenvalue weighted by Crippen LogP contribution is 2.12. The molecule has 2 aromatic rings. The Bertz CT molecular complexity index is 620. The molecule has 0 aromatic heterocycles. The van der Waals surface area contributed by atoms with E-state index in [1.54, 1.807) is 30.3 Å². The van der Waals surface area contributed by atoms with Gasteiger partial charge in [0.25, 0.3) is 0 Å². The number of rotatable bonds is 3. The number of hydrogen-bond acceptors (Lipinski definition) is 3. The third kappa shape index (κ3) is 3.05. The third-order valence-corrected chi connectivity index (χ3v) is 3.33. The Hall–Kier alpha value is -1.94. The van der Waals surface area contributed by atoms with E-state index >= 15 is 0 Å². The molecule has 0 aliphatic heterocycles. The topological polar surface area (TPSA) is 43.4 Å². The highest BCUT2D eigenvalue weighted by Gasteiger charge is 2.07. The van der Waals surface area contributed by atoms with E-state index in [0.29, 0.717) is 4.90 Å². The molecule has 0 N–H and O–H groups in total. The summed E-state index contributed by atoms with van der Waals surface area (Å²) >= 11 is -1.67. The van der Waals surface area contributed by atoms with Crippen molar-refractivity contribution in [2.45, 2.75) is 11.8 Å². The number of aryl methyl sites for hydroxylation is 1. The van der Waals surface area contributed by atoms with Gasteiger partial charge in [-0.2, -0.15) is 0 Å². The van der Waals surface area contributed by atoms with Crippen molar-refractivity contribution >= 4 is 11.1 Å². The first kappa shape index (κ1) is 12.5. The summed E-state index contributed by atoms with van der Waals surface area (Å²) in [6, 6.07) is 15.0. The van der Waals surface area contributed by atoms with Crippen molar-refractivity contribution < 1.29 is 8.39 Å². The second-order valence-corrected chi connectivity index (χ2v) is 4.88. The maximum atomic E-state index is 11.9. The molecule has 2 rings (SSSR count). The summed E-state index contributed by atoms with van der Waals surface area (Å²) in [6.45, 7) is 1.94. The lowest BCUT2D eigenvalue weighted by molar-refractivity contribution is 0.559. The Morgan fingerprint density at radius 1 is 0.944 bits per heavy atom. The van der Waals surface area contributed by atoms with Crippen LogP contribution in [0.5, 0.6) is 5.75 Å². The van der Waals surface area contributed by atoms with Crippen LogP contribution >= 0.6 is 0 Å². The van der Waals surface area contributed by atoms with Crippen LogP contribution in [0.3, 0.4) is 0 Å². The van der Waals surface area contributed by atoms with E-state index in [0.717, 1.165) is 5.56 Å². The summed E-state index contributed by atoms with van der Waals surface area (Å²) in [5, 5.41) is 0. The molecule has 0 saturated carbocycles. The van der Waals surface area contributed by atoms with E-state index in [1.165, 1.54) is 12.1 Å². The van der Waals surface area contributed by atoms with Crippen molar-refractivity contribution in [1.82, 2.24) is 0 Å². The van der Waals surface area contributed by atoms with Crippen LogP contribution in [0.4, 0.5) is 0 Å². The lowest BCUT2D eigenvalue weighted by Gasteiger charge is -2.02. The Morgan fingerprint density at radius 2 is 1.61 bits per heavy atom. The van der Waals surface area contributed by atoms with Crippen LogP contribution in [0, 0.1) is 6.92 Å². The molecule has 1 unspecified atom stereocenters. The predicted molar refractivity (Wildman–Crippen MR) is 70.9 cm³/mol. The average Bonchev–Trinajstić information content (AvgIpc) is 2.56. The van der Waals surface area contributed by atoms with Crippen molar-refractivity contribution in [3.63, 3.8) is 0 Å². The Balaban J connectivity index is 2.25. The van der Waals surface area contributed by atoms with Gasteiger partial charge in [-0.15, -0.1) is 0 Å². The van der Waals surface area contributed by atoms with E-state index in [9.17, 15) is 9.00 Å². The molecule has 0 amide bonds. The highest BCUT2D eigenvalue weighted by molar-refractivity contribution is 7.80. The molecule has 0 heterocycles. The fourth-order valence-corrected chi connectivity index (χ4v) is 2.12. The van der Waals surface area contributed by atoms with E-state index in [-0.39, 0.29) is 11.2 Å². The molecule has 0 radical (unpaired) electrons. The van der Waals surface area contributed by atoms with Crippen LogP contribution in [0.2, 0.25) is 0 Å². The lowest BCUT2D eigenvalue weighted by atomic mass is 10.2. The van der Waals surface area contributed by atoms with Gasteiger partial charge in [-0.25, -0.2) is 4.21 Å². The van der Waals surface area contributed by atoms with Gasteiger partial charge in [-0.1, -0.05) is 35.9 Å². The quantitative estimate of drug-likeness (QED) is 0.851. The van der Waals surface area contributed by atoms with Crippen molar-refractivity contribution in [2.24, 2.45) is 0 Å². The maximum absolute atomic E-state index is 11.9. The number of benzene rings is 1. The second-order valence-electron chi connectivity index (χ2n) is 3.77. The van der Waals surface area contributed by atoms with E-state index in [4.69, 9.17) is 4.18 Å². The molecule has 2 aromatic carbocycles. The fraction of sp³-hybridized carbons (Fsp3) is 0.0714. The van der Waals surface area contributed by atoms with Crippen molar-refractivity contribution in [3.8, 4) is 5.75 Å².